The Bertz CT molecular complexity index is 270. The molecule has 0 aromatic rings. The summed E-state index contributed by atoms with van der Waals surface area (Å²) in [6.45, 7) is 2.64. The number of rotatable bonds is 3. The summed E-state index contributed by atoms with van der Waals surface area (Å²) in [4.78, 5) is 15.7. The van der Waals surface area contributed by atoms with Crippen LogP contribution in [-0.2, 0) is 4.79 Å². The number of carbonyl (C=O) groups is 1. The van der Waals surface area contributed by atoms with Gasteiger partial charge in [-0.2, -0.15) is 0 Å². The number of likely N-dealkylation sites (tertiary alicyclic amines) is 1. The second-order valence-electron chi connectivity index (χ2n) is 3.56. The van der Waals surface area contributed by atoms with E-state index in [-0.39, 0.29) is 18.6 Å². The second-order valence-corrected chi connectivity index (χ2v) is 3.95. The standard InChI is InChI=1S/C10H15BrN2O2/c11-4-3-10(15)12-9-2-1-5-13(8-9)6-7-14/h9,14H,1-2,5-8H2,(H,12,15). The fourth-order valence-corrected chi connectivity index (χ4v) is 1.96. The maximum Gasteiger partial charge on any atom is 0.297 e. The van der Waals surface area contributed by atoms with Crippen molar-refractivity contribution in [2.45, 2.75) is 18.9 Å². The normalized spacial score (nSPS) is 21.6. The van der Waals surface area contributed by atoms with Crippen molar-refractivity contribution in [3.63, 3.8) is 0 Å². The Labute approximate surface area is 98.2 Å². The second kappa shape index (κ2) is 6.83. The molecular weight excluding hydrogens is 260 g/mol. The van der Waals surface area contributed by atoms with Crippen LogP contribution in [0.5, 0.6) is 0 Å². The summed E-state index contributed by atoms with van der Waals surface area (Å²) in [5.41, 5.74) is 0. The number of aliphatic hydroxyl groups excluding tert-OH is 1. The van der Waals surface area contributed by atoms with Crippen LogP contribution in [0.3, 0.4) is 0 Å². The Hall–Kier alpha value is -0.570. The first-order chi connectivity index (χ1) is 7.26. The van der Waals surface area contributed by atoms with Crippen molar-refractivity contribution in [2.24, 2.45) is 0 Å². The van der Waals surface area contributed by atoms with Gasteiger partial charge in [0.05, 0.1) is 6.61 Å². The van der Waals surface area contributed by atoms with Crippen LogP contribution in [0.1, 0.15) is 12.8 Å². The number of hydrogen-bond acceptors (Lipinski definition) is 3. The largest absolute Gasteiger partial charge is 0.395 e. The number of hydrogen-bond donors (Lipinski definition) is 2. The van der Waals surface area contributed by atoms with Crippen molar-refractivity contribution in [1.82, 2.24) is 10.2 Å². The number of halogens is 1. The molecule has 1 unspecified atom stereocenters. The molecule has 2 N–H and O–H groups in total. The third-order valence-electron chi connectivity index (χ3n) is 2.42. The van der Waals surface area contributed by atoms with Crippen LogP contribution in [0.2, 0.25) is 0 Å². The molecule has 15 heavy (non-hydrogen) atoms. The number of piperidine rings is 1. The van der Waals surface area contributed by atoms with Crippen molar-refractivity contribution in [3.8, 4) is 10.8 Å². The number of nitrogens with one attached hydrogen (secondary N) is 1. The summed E-state index contributed by atoms with van der Waals surface area (Å²) >= 11 is 2.89. The SMILES string of the molecule is O=C(C#CBr)NC1CCCN(CCO)C1. The van der Waals surface area contributed by atoms with Gasteiger partial charge in [-0.1, -0.05) is 0 Å². The van der Waals surface area contributed by atoms with E-state index < -0.39 is 0 Å². The summed E-state index contributed by atoms with van der Waals surface area (Å²) in [6, 6.07) is 0.158. The van der Waals surface area contributed by atoms with Gasteiger partial charge in [0.2, 0.25) is 0 Å². The molecule has 1 atom stereocenters. The van der Waals surface area contributed by atoms with E-state index in [1.807, 2.05) is 0 Å². The third kappa shape index (κ3) is 4.65. The minimum atomic E-state index is -0.247. The molecule has 0 aromatic carbocycles. The van der Waals surface area contributed by atoms with Crippen LogP contribution in [-0.4, -0.2) is 48.2 Å². The molecule has 1 fully saturated rings. The number of β-amino-alcohol motifs (C(OH)–C–C–N with tert-alkyl or cyclic N) is 1. The summed E-state index contributed by atoms with van der Waals surface area (Å²) in [5, 5.41) is 11.7. The lowest BCUT2D eigenvalue weighted by Gasteiger charge is -2.32. The van der Waals surface area contributed by atoms with Gasteiger partial charge in [-0.05, 0) is 24.2 Å². The van der Waals surface area contributed by atoms with Crippen molar-refractivity contribution in [1.29, 1.82) is 0 Å². The lowest BCUT2D eigenvalue weighted by molar-refractivity contribution is -0.116. The summed E-state index contributed by atoms with van der Waals surface area (Å²) in [7, 11) is 0. The van der Waals surface area contributed by atoms with Crippen molar-refractivity contribution in [2.75, 3.05) is 26.2 Å². The van der Waals surface area contributed by atoms with E-state index in [0.29, 0.717) is 6.54 Å². The molecule has 1 saturated heterocycles. The van der Waals surface area contributed by atoms with Crippen LogP contribution < -0.4 is 5.32 Å². The topological polar surface area (TPSA) is 52.6 Å². The Morgan fingerprint density at radius 2 is 2.47 bits per heavy atom. The Morgan fingerprint density at radius 3 is 3.13 bits per heavy atom. The van der Waals surface area contributed by atoms with E-state index in [2.05, 4.69) is 36.9 Å². The van der Waals surface area contributed by atoms with Crippen molar-refractivity contribution >= 4 is 21.8 Å². The zero-order chi connectivity index (χ0) is 11.1. The maximum absolute atomic E-state index is 11.2. The highest BCUT2D eigenvalue weighted by Crippen LogP contribution is 2.09. The van der Waals surface area contributed by atoms with E-state index in [4.69, 9.17) is 5.11 Å². The average Bonchev–Trinajstić information content (AvgIpc) is 2.19. The van der Waals surface area contributed by atoms with Crippen molar-refractivity contribution < 1.29 is 9.90 Å². The van der Waals surface area contributed by atoms with Gasteiger partial charge in [0.25, 0.3) is 5.91 Å². The number of carbonyl (C=O) groups excluding carboxylic acids is 1. The summed E-state index contributed by atoms with van der Waals surface area (Å²) in [5.74, 6) is 2.14. The fourth-order valence-electron chi connectivity index (χ4n) is 1.78. The smallest absolute Gasteiger partial charge is 0.297 e. The minimum Gasteiger partial charge on any atom is -0.395 e. The fraction of sp³-hybridized carbons (Fsp3) is 0.700. The molecule has 1 amide bonds. The molecule has 0 saturated carbocycles. The van der Waals surface area contributed by atoms with E-state index in [9.17, 15) is 4.79 Å². The molecule has 1 heterocycles. The first-order valence-electron chi connectivity index (χ1n) is 5.01. The highest BCUT2D eigenvalue weighted by atomic mass is 79.9. The van der Waals surface area contributed by atoms with E-state index in [0.717, 1.165) is 25.9 Å². The van der Waals surface area contributed by atoms with Gasteiger partial charge in [-0.3, -0.25) is 9.69 Å². The van der Waals surface area contributed by atoms with E-state index >= 15 is 0 Å². The first kappa shape index (κ1) is 12.5. The van der Waals surface area contributed by atoms with Gasteiger partial charge in [0.15, 0.2) is 0 Å². The molecule has 1 aliphatic rings. The number of aliphatic hydroxyl groups is 1. The quantitative estimate of drug-likeness (QED) is 0.708. The molecule has 0 aromatic heterocycles. The first-order valence-corrected chi connectivity index (χ1v) is 5.81. The number of amides is 1. The minimum absolute atomic E-state index is 0.158. The van der Waals surface area contributed by atoms with Crippen LogP contribution in [0.25, 0.3) is 0 Å². The molecule has 5 heteroatoms. The van der Waals surface area contributed by atoms with Gasteiger partial charge in [0.1, 0.15) is 0 Å². The lowest BCUT2D eigenvalue weighted by Crippen LogP contribution is -2.48. The van der Waals surface area contributed by atoms with Crippen LogP contribution in [0.15, 0.2) is 0 Å². The molecule has 1 rings (SSSR count). The average molecular weight is 275 g/mol. The summed E-state index contributed by atoms with van der Waals surface area (Å²) in [6.07, 6.45) is 2.03. The highest BCUT2D eigenvalue weighted by Gasteiger charge is 2.20. The van der Waals surface area contributed by atoms with Crippen molar-refractivity contribution in [3.05, 3.63) is 0 Å². The molecule has 84 valence electrons. The Balaban J connectivity index is 2.34. The zero-order valence-electron chi connectivity index (χ0n) is 8.50. The Morgan fingerprint density at radius 1 is 1.67 bits per heavy atom. The molecule has 1 aliphatic heterocycles. The molecular formula is C10H15BrN2O2. The highest BCUT2D eigenvalue weighted by molar-refractivity contribution is 9.12. The Kier molecular flexibility index (Phi) is 5.69. The van der Waals surface area contributed by atoms with Gasteiger partial charge < -0.3 is 10.4 Å². The van der Waals surface area contributed by atoms with Gasteiger partial charge in [-0.15, -0.1) is 0 Å². The van der Waals surface area contributed by atoms with Crippen LogP contribution >= 0.6 is 15.9 Å². The predicted octanol–water partition coefficient (Wildman–Crippen LogP) is -0.0849. The summed E-state index contributed by atoms with van der Waals surface area (Å²) < 4.78 is 0. The lowest BCUT2D eigenvalue weighted by atomic mass is 10.1. The van der Waals surface area contributed by atoms with E-state index in [1.165, 1.54) is 0 Å². The van der Waals surface area contributed by atoms with Gasteiger partial charge in [-0.25, -0.2) is 0 Å². The van der Waals surface area contributed by atoms with Crippen LogP contribution in [0, 0.1) is 10.8 Å². The van der Waals surface area contributed by atoms with E-state index in [1.54, 1.807) is 0 Å². The predicted molar refractivity (Wildman–Crippen MR) is 61.4 cm³/mol. The van der Waals surface area contributed by atoms with Gasteiger partial charge in [0, 0.05) is 41.0 Å². The monoisotopic (exact) mass is 274 g/mol. The zero-order valence-corrected chi connectivity index (χ0v) is 10.1. The molecule has 4 nitrogen and oxygen atoms in total. The molecule has 0 spiro atoms. The molecule has 0 bridgehead atoms. The maximum atomic E-state index is 11.2. The molecule has 0 aliphatic carbocycles. The third-order valence-corrected chi connectivity index (χ3v) is 2.62. The number of nitrogens with zero attached hydrogens (tertiary/aromatic N) is 1. The van der Waals surface area contributed by atoms with Gasteiger partial charge >= 0.3 is 0 Å². The van der Waals surface area contributed by atoms with Crippen LogP contribution in [0.4, 0.5) is 0 Å². The molecule has 0 radical (unpaired) electrons.